The van der Waals surface area contributed by atoms with Gasteiger partial charge in [0, 0.05) is 12.6 Å². The molecule has 98 valence electrons. The van der Waals surface area contributed by atoms with Crippen LogP contribution in [0.15, 0.2) is 42.5 Å². The third kappa shape index (κ3) is 3.20. The summed E-state index contributed by atoms with van der Waals surface area (Å²) in [5.74, 6) is -0.490. The highest BCUT2D eigenvalue weighted by Crippen LogP contribution is 2.24. The second-order valence-electron chi connectivity index (χ2n) is 3.88. The lowest BCUT2D eigenvalue weighted by atomic mass is 10.2. The molecule has 0 amide bonds. The monoisotopic (exact) mass is 280 g/mol. The maximum Gasteiger partial charge on any atom is 0.292 e. The summed E-state index contributed by atoms with van der Waals surface area (Å²) in [5.41, 5.74) is 1.15. The van der Waals surface area contributed by atoms with E-state index >= 15 is 0 Å². The molecule has 2 aromatic rings. The van der Waals surface area contributed by atoms with E-state index in [1.54, 1.807) is 24.3 Å². The molecule has 0 radical (unpaired) electrons. The maximum atomic E-state index is 13.0. The zero-order chi connectivity index (χ0) is 13.8. The predicted octanol–water partition coefficient (Wildman–Crippen LogP) is 4.00. The number of nitrogens with one attached hydrogen (secondary N) is 1. The molecule has 0 saturated heterocycles. The quantitative estimate of drug-likeness (QED) is 0.680. The number of nitro groups is 1. The van der Waals surface area contributed by atoms with Gasteiger partial charge in [0.05, 0.1) is 9.95 Å². The zero-order valence-corrected chi connectivity index (χ0v) is 10.5. The molecule has 0 saturated carbocycles. The van der Waals surface area contributed by atoms with Gasteiger partial charge in [0.1, 0.15) is 11.5 Å². The number of anilines is 1. The highest BCUT2D eigenvalue weighted by molar-refractivity contribution is 6.30. The predicted molar refractivity (Wildman–Crippen MR) is 71.8 cm³/mol. The van der Waals surface area contributed by atoms with E-state index in [1.165, 1.54) is 18.2 Å². The SMILES string of the molecule is O=[N+]([O-])c1ccccc1NCc1ccc(F)c(Cl)c1. The van der Waals surface area contributed by atoms with E-state index in [0.29, 0.717) is 12.2 Å². The van der Waals surface area contributed by atoms with Crippen LogP contribution in [0.1, 0.15) is 5.56 Å². The molecule has 0 atom stereocenters. The Balaban J connectivity index is 2.14. The normalized spacial score (nSPS) is 10.2. The van der Waals surface area contributed by atoms with Gasteiger partial charge in [-0.15, -0.1) is 0 Å². The van der Waals surface area contributed by atoms with Crippen LogP contribution >= 0.6 is 11.6 Å². The van der Waals surface area contributed by atoms with Gasteiger partial charge in [-0.05, 0) is 23.8 Å². The Morgan fingerprint density at radius 3 is 2.68 bits per heavy atom. The second-order valence-corrected chi connectivity index (χ2v) is 4.28. The van der Waals surface area contributed by atoms with Crippen molar-refractivity contribution in [3.8, 4) is 0 Å². The van der Waals surface area contributed by atoms with Gasteiger partial charge >= 0.3 is 0 Å². The fourth-order valence-electron chi connectivity index (χ4n) is 1.63. The van der Waals surface area contributed by atoms with Crippen LogP contribution in [0.2, 0.25) is 5.02 Å². The van der Waals surface area contributed by atoms with Gasteiger partial charge < -0.3 is 5.32 Å². The minimum absolute atomic E-state index is 0.00397. The Morgan fingerprint density at radius 2 is 2.00 bits per heavy atom. The number of nitro benzene ring substituents is 1. The minimum Gasteiger partial charge on any atom is -0.375 e. The summed E-state index contributed by atoms with van der Waals surface area (Å²) in [6.07, 6.45) is 0. The van der Waals surface area contributed by atoms with Crippen LogP contribution in [0, 0.1) is 15.9 Å². The van der Waals surface area contributed by atoms with Crippen LogP contribution in [-0.4, -0.2) is 4.92 Å². The lowest BCUT2D eigenvalue weighted by Crippen LogP contribution is -2.02. The number of para-hydroxylation sites is 2. The standard InChI is InChI=1S/C13H10ClFN2O2/c14-10-7-9(5-6-11(10)15)8-16-12-3-1-2-4-13(12)17(18)19/h1-7,16H,8H2. The number of nitrogens with zero attached hydrogens (tertiary/aromatic N) is 1. The molecule has 0 aliphatic rings. The molecule has 0 spiro atoms. The number of hydrogen-bond donors (Lipinski definition) is 1. The van der Waals surface area contributed by atoms with E-state index in [-0.39, 0.29) is 10.7 Å². The van der Waals surface area contributed by atoms with Crippen LogP contribution in [0.5, 0.6) is 0 Å². The summed E-state index contributed by atoms with van der Waals surface area (Å²) in [6, 6.07) is 10.6. The molecule has 0 unspecified atom stereocenters. The molecule has 0 bridgehead atoms. The molecular formula is C13H10ClFN2O2. The van der Waals surface area contributed by atoms with E-state index in [1.807, 2.05) is 0 Å². The summed E-state index contributed by atoms with van der Waals surface area (Å²) < 4.78 is 13.0. The van der Waals surface area contributed by atoms with Crippen LogP contribution in [0.3, 0.4) is 0 Å². The lowest BCUT2D eigenvalue weighted by molar-refractivity contribution is -0.384. The summed E-state index contributed by atoms with van der Waals surface area (Å²) >= 11 is 5.67. The molecule has 1 N–H and O–H groups in total. The summed E-state index contributed by atoms with van der Waals surface area (Å²) in [5, 5.41) is 13.8. The third-order valence-electron chi connectivity index (χ3n) is 2.57. The third-order valence-corrected chi connectivity index (χ3v) is 2.86. The topological polar surface area (TPSA) is 55.2 Å². The van der Waals surface area contributed by atoms with E-state index in [4.69, 9.17) is 11.6 Å². The molecule has 0 heterocycles. The molecule has 0 fully saturated rings. The van der Waals surface area contributed by atoms with Gasteiger partial charge in [0.15, 0.2) is 0 Å². The Labute approximate surface area is 114 Å². The average Bonchev–Trinajstić information content (AvgIpc) is 2.40. The van der Waals surface area contributed by atoms with E-state index in [0.717, 1.165) is 5.56 Å². The molecule has 0 aromatic heterocycles. The maximum absolute atomic E-state index is 13.0. The molecular weight excluding hydrogens is 271 g/mol. The van der Waals surface area contributed by atoms with Gasteiger partial charge in [0.2, 0.25) is 0 Å². The van der Waals surface area contributed by atoms with E-state index in [9.17, 15) is 14.5 Å². The Morgan fingerprint density at radius 1 is 1.26 bits per heavy atom. The van der Waals surface area contributed by atoms with Crippen molar-refractivity contribution in [1.82, 2.24) is 0 Å². The van der Waals surface area contributed by atoms with Crippen molar-refractivity contribution in [2.75, 3.05) is 5.32 Å². The molecule has 19 heavy (non-hydrogen) atoms. The number of rotatable bonds is 4. The highest BCUT2D eigenvalue weighted by atomic mass is 35.5. The van der Waals surface area contributed by atoms with Crippen molar-refractivity contribution in [3.05, 3.63) is 69.0 Å². The molecule has 2 aromatic carbocycles. The summed E-state index contributed by atoms with van der Waals surface area (Å²) in [6.45, 7) is 0.324. The molecule has 6 heteroatoms. The van der Waals surface area contributed by atoms with Crippen molar-refractivity contribution in [3.63, 3.8) is 0 Å². The van der Waals surface area contributed by atoms with Crippen molar-refractivity contribution in [2.24, 2.45) is 0 Å². The highest BCUT2D eigenvalue weighted by Gasteiger charge is 2.11. The van der Waals surface area contributed by atoms with E-state index in [2.05, 4.69) is 5.32 Å². The van der Waals surface area contributed by atoms with Crippen molar-refractivity contribution < 1.29 is 9.31 Å². The van der Waals surface area contributed by atoms with Crippen LogP contribution in [0.4, 0.5) is 15.8 Å². The van der Waals surface area contributed by atoms with Gasteiger partial charge in [-0.1, -0.05) is 29.8 Å². The van der Waals surface area contributed by atoms with Crippen LogP contribution in [-0.2, 0) is 6.54 Å². The van der Waals surface area contributed by atoms with Crippen molar-refractivity contribution in [1.29, 1.82) is 0 Å². The fraction of sp³-hybridized carbons (Fsp3) is 0.0769. The smallest absolute Gasteiger partial charge is 0.292 e. The Hall–Kier alpha value is -2.14. The van der Waals surface area contributed by atoms with Gasteiger partial charge in [-0.3, -0.25) is 10.1 Å². The summed E-state index contributed by atoms with van der Waals surface area (Å²) in [4.78, 5) is 10.4. The van der Waals surface area contributed by atoms with Crippen LogP contribution in [0.25, 0.3) is 0 Å². The number of benzene rings is 2. The minimum atomic E-state index is -0.490. The second kappa shape index (κ2) is 5.67. The largest absolute Gasteiger partial charge is 0.375 e. The van der Waals surface area contributed by atoms with Gasteiger partial charge in [-0.25, -0.2) is 4.39 Å². The Bertz CT molecular complexity index is 619. The first-order valence-electron chi connectivity index (χ1n) is 5.49. The van der Waals surface area contributed by atoms with Crippen LogP contribution < -0.4 is 5.32 Å². The first-order chi connectivity index (χ1) is 9.08. The van der Waals surface area contributed by atoms with Crippen molar-refractivity contribution >= 4 is 23.0 Å². The van der Waals surface area contributed by atoms with Crippen molar-refractivity contribution in [2.45, 2.75) is 6.54 Å². The zero-order valence-electron chi connectivity index (χ0n) is 9.77. The molecule has 0 aliphatic carbocycles. The summed E-state index contributed by atoms with van der Waals surface area (Å²) in [7, 11) is 0. The number of hydrogen-bond acceptors (Lipinski definition) is 3. The average molecular weight is 281 g/mol. The first kappa shape index (κ1) is 13.3. The molecule has 2 rings (SSSR count). The van der Waals surface area contributed by atoms with Gasteiger partial charge in [0.25, 0.3) is 5.69 Å². The lowest BCUT2D eigenvalue weighted by Gasteiger charge is -2.07. The van der Waals surface area contributed by atoms with E-state index < -0.39 is 10.7 Å². The first-order valence-corrected chi connectivity index (χ1v) is 5.87. The Kier molecular flexibility index (Phi) is 3.97. The van der Waals surface area contributed by atoms with Gasteiger partial charge in [-0.2, -0.15) is 0 Å². The fourth-order valence-corrected chi connectivity index (χ4v) is 1.83. The molecule has 4 nitrogen and oxygen atoms in total. The molecule has 0 aliphatic heterocycles. The number of halogens is 2.